The Kier molecular flexibility index (Phi) is 3.12. The first-order chi connectivity index (χ1) is 7.18. The molecule has 0 saturated carbocycles. The number of halogens is 2. The van der Waals surface area contributed by atoms with Crippen molar-refractivity contribution >= 4 is 17.3 Å². The van der Waals surface area contributed by atoms with Crippen LogP contribution in [0.3, 0.4) is 0 Å². The van der Waals surface area contributed by atoms with Crippen molar-refractivity contribution < 1.29 is 4.39 Å². The van der Waals surface area contributed by atoms with Gasteiger partial charge in [-0.05, 0) is 25.1 Å². The van der Waals surface area contributed by atoms with Crippen LogP contribution in [0.1, 0.15) is 6.92 Å². The molecule has 0 radical (unpaired) electrons. The lowest BCUT2D eigenvalue weighted by Crippen LogP contribution is -2.50. The van der Waals surface area contributed by atoms with Crippen LogP contribution in [0.5, 0.6) is 0 Å². The van der Waals surface area contributed by atoms with Gasteiger partial charge >= 0.3 is 0 Å². The Morgan fingerprint density at radius 2 is 2.33 bits per heavy atom. The predicted molar refractivity (Wildman–Crippen MR) is 61.1 cm³/mol. The Morgan fingerprint density at radius 3 is 3.07 bits per heavy atom. The van der Waals surface area contributed by atoms with E-state index in [1.54, 1.807) is 12.1 Å². The molecule has 0 bridgehead atoms. The molecule has 1 aliphatic heterocycles. The summed E-state index contributed by atoms with van der Waals surface area (Å²) in [7, 11) is 0. The zero-order valence-corrected chi connectivity index (χ0v) is 9.39. The van der Waals surface area contributed by atoms with E-state index in [1.165, 1.54) is 6.07 Å². The van der Waals surface area contributed by atoms with Gasteiger partial charge in [0.05, 0.1) is 5.69 Å². The molecule has 2 rings (SSSR count). The van der Waals surface area contributed by atoms with Crippen molar-refractivity contribution in [3.63, 3.8) is 0 Å². The predicted octanol–water partition coefficient (Wildman–Crippen LogP) is 2.28. The van der Waals surface area contributed by atoms with Gasteiger partial charge in [-0.1, -0.05) is 11.6 Å². The highest BCUT2D eigenvalue weighted by Crippen LogP contribution is 2.25. The highest BCUT2D eigenvalue weighted by Gasteiger charge is 2.20. The zero-order valence-electron chi connectivity index (χ0n) is 8.63. The number of rotatable bonds is 1. The van der Waals surface area contributed by atoms with Crippen LogP contribution in [0.25, 0.3) is 0 Å². The first kappa shape index (κ1) is 10.7. The molecule has 1 aliphatic rings. The fourth-order valence-electron chi connectivity index (χ4n) is 1.90. The average molecular weight is 229 g/mol. The van der Waals surface area contributed by atoms with Gasteiger partial charge in [-0.3, -0.25) is 0 Å². The van der Waals surface area contributed by atoms with E-state index in [0.717, 1.165) is 19.6 Å². The Balaban J connectivity index is 2.30. The van der Waals surface area contributed by atoms with Crippen LogP contribution >= 0.6 is 11.6 Å². The second-order valence-corrected chi connectivity index (χ2v) is 4.28. The second-order valence-electron chi connectivity index (χ2n) is 3.84. The first-order valence-corrected chi connectivity index (χ1v) is 5.48. The number of nitrogens with one attached hydrogen (secondary N) is 1. The van der Waals surface area contributed by atoms with Crippen LogP contribution in [0, 0.1) is 5.82 Å². The summed E-state index contributed by atoms with van der Waals surface area (Å²) >= 11 is 5.87. The second kappa shape index (κ2) is 4.37. The van der Waals surface area contributed by atoms with E-state index in [2.05, 4.69) is 17.1 Å². The summed E-state index contributed by atoms with van der Waals surface area (Å²) in [5, 5.41) is 3.85. The summed E-state index contributed by atoms with van der Waals surface area (Å²) in [6.45, 7) is 4.66. The van der Waals surface area contributed by atoms with Crippen molar-refractivity contribution in [3.8, 4) is 0 Å². The molecule has 1 aromatic rings. The maximum absolute atomic E-state index is 13.6. The molecule has 2 nitrogen and oxygen atoms in total. The van der Waals surface area contributed by atoms with Gasteiger partial charge in [0.25, 0.3) is 0 Å². The van der Waals surface area contributed by atoms with Crippen molar-refractivity contribution in [1.29, 1.82) is 0 Å². The van der Waals surface area contributed by atoms with E-state index >= 15 is 0 Å². The third-order valence-electron chi connectivity index (χ3n) is 2.72. The number of piperazine rings is 1. The molecule has 82 valence electrons. The van der Waals surface area contributed by atoms with Crippen molar-refractivity contribution in [2.24, 2.45) is 0 Å². The van der Waals surface area contributed by atoms with Gasteiger partial charge in [0.15, 0.2) is 0 Å². The number of nitrogens with zero attached hydrogens (tertiary/aromatic N) is 1. The smallest absolute Gasteiger partial charge is 0.146 e. The van der Waals surface area contributed by atoms with E-state index in [9.17, 15) is 4.39 Å². The van der Waals surface area contributed by atoms with E-state index in [4.69, 9.17) is 11.6 Å². The molecule has 1 N–H and O–H groups in total. The quantitative estimate of drug-likeness (QED) is 0.794. The van der Waals surface area contributed by atoms with Crippen molar-refractivity contribution in [2.45, 2.75) is 13.0 Å². The van der Waals surface area contributed by atoms with Crippen molar-refractivity contribution in [3.05, 3.63) is 29.0 Å². The molecule has 1 saturated heterocycles. The zero-order chi connectivity index (χ0) is 10.8. The van der Waals surface area contributed by atoms with Crippen LogP contribution in [0.2, 0.25) is 5.02 Å². The van der Waals surface area contributed by atoms with Gasteiger partial charge < -0.3 is 10.2 Å². The minimum atomic E-state index is -0.201. The molecular formula is C11H14ClFN2. The summed E-state index contributed by atoms with van der Waals surface area (Å²) in [5.74, 6) is -0.201. The first-order valence-electron chi connectivity index (χ1n) is 5.11. The highest BCUT2D eigenvalue weighted by atomic mass is 35.5. The Labute approximate surface area is 94.0 Å². The van der Waals surface area contributed by atoms with E-state index in [-0.39, 0.29) is 5.82 Å². The van der Waals surface area contributed by atoms with Crippen LogP contribution < -0.4 is 10.2 Å². The third kappa shape index (κ3) is 2.24. The van der Waals surface area contributed by atoms with Gasteiger partial charge in [-0.15, -0.1) is 0 Å². The molecule has 1 aromatic carbocycles. The lowest BCUT2D eigenvalue weighted by atomic mass is 10.1. The Hall–Kier alpha value is -0.800. The molecule has 1 heterocycles. The molecule has 0 aliphatic carbocycles. The summed E-state index contributed by atoms with van der Waals surface area (Å²) in [4.78, 5) is 2.05. The topological polar surface area (TPSA) is 15.3 Å². The van der Waals surface area contributed by atoms with Crippen molar-refractivity contribution in [2.75, 3.05) is 24.5 Å². The maximum Gasteiger partial charge on any atom is 0.146 e. The van der Waals surface area contributed by atoms with E-state index in [0.29, 0.717) is 16.8 Å². The van der Waals surface area contributed by atoms with Crippen LogP contribution in [0.15, 0.2) is 18.2 Å². The number of hydrogen-bond donors (Lipinski definition) is 1. The summed E-state index contributed by atoms with van der Waals surface area (Å²) in [6, 6.07) is 4.99. The van der Waals surface area contributed by atoms with Gasteiger partial charge in [-0.25, -0.2) is 4.39 Å². The van der Waals surface area contributed by atoms with Gasteiger partial charge in [-0.2, -0.15) is 0 Å². The van der Waals surface area contributed by atoms with Gasteiger partial charge in [0.2, 0.25) is 0 Å². The Morgan fingerprint density at radius 1 is 1.53 bits per heavy atom. The lowest BCUT2D eigenvalue weighted by Gasteiger charge is -2.36. The van der Waals surface area contributed by atoms with E-state index < -0.39 is 0 Å². The molecule has 15 heavy (non-hydrogen) atoms. The van der Waals surface area contributed by atoms with Crippen molar-refractivity contribution in [1.82, 2.24) is 5.32 Å². The lowest BCUT2D eigenvalue weighted by molar-refractivity contribution is 0.491. The average Bonchev–Trinajstić information content (AvgIpc) is 2.23. The number of anilines is 1. The number of hydrogen-bond acceptors (Lipinski definition) is 2. The molecule has 1 atom stereocenters. The van der Waals surface area contributed by atoms with Crippen LogP contribution in [0.4, 0.5) is 10.1 Å². The fourth-order valence-corrected chi connectivity index (χ4v) is 2.07. The molecule has 0 aromatic heterocycles. The summed E-state index contributed by atoms with van der Waals surface area (Å²) in [6.07, 6.45) is 0. The molecule has 0 unspecified atom stereocenters. The molecular weight excluding hydrogens is 215 g/mol. The monoisotopic (exact) mass is 228 g/mol. The number of benzene rings is 1. The molecule has 0 spiro atoms. The third-order valence-corrected chi connectivity index (χ3v) is 2.95. The molecule has 0 amide bonds. The standard InChI is InChI=1S/C11H14ClFN2/c1-8-7-14-4-5-15(8)11-6-9(12)2-3-10(11)13/h2-3,6,8,14H,4-5,7H2,1H3/t8-/m0/s1. The molecule has 1 fully saturated rings. The van der Waals surface area contributed by atoms with Gasteiger partial charge in [0, 0.05) is 30.7 Å². The highest BCUT2D eigenvalue weighted by molar-refractivity contribution is 6.30. The normalized spacial score (nSPS) is 21.8. The fraction of sp³-hybridized carbons (Fsp3) is 0.455. The Bertz CT molecular complexity index is 356. The SMILES string of the molecule is C[C@H]1CNCCN1c1cc(Cl)ccc1F. The van der Waals surface area contributed by atoms with Crippen LogP contribution in [-0.4, -0.2) is 25.7 Å². The summed E-state index contributed by atoms with van der Waals surface area (Å²) in [5.41, 5.74) is 0.608. The maximum atomic E-state index is 13.6. The largest absolute Gasteiger partial charge is 0.364 e. The minimum Gasteiger partial charge on any atom is -0.364 e. The van der Waals surface area contributed by atoms with E-state index in [1.807, 2.05) is 0 Å². The molecule has 4 heteroatoms. The van der Waals surface area contributed by atoms with Crippen LogP contribution in [-0.2, 0) is 0 Å². The summed E-state index contributed by atoms with van der Waals surface area (Å²) < 4.78 is 13.6. The van der Waals surface area contributed by atoms with Gasteiger partial charge in [0.1, 0.15) is 5.82 Å². The minimum absolute atomic E-state index is 0.201.